The third-order valence-corrected chi connectivity index (χ3v) is 11.1. The molecule has 3 heterocycles. The summed E-state index contributed by atoms with van der Waals surface area (Å²) < 4.78 is 12.0. The van der Waals surface area contributed by atoms with E-state index in [1.807, 2.05) is 24.3 Å². The van der Waals surface area contributed by atoms with Crippen LogP contribution in [0.2, 0.25) is 0 Å². The Hall–Kier alpha value is -6.06. The SMILES string of the molecule is O=C(COc1cccc(C(O)(C(=O)O)c2ccccc2)c1)N1CCOC2(CCN(C(=O)c3ccc(CCNCC(O)c4ccc(O)c5[nH]c(=O)ccc45)cc3)CC2)C1. The molecular weight excluding hydrogens is 745 g/mol. The molecule has 2 atom stereocenters. The number of carboxylic acids is 1. The molecule has 302 valence electrons. The van der Waals surface area contributed by atoms with Gasteiger partial charge in [-0.05, 0) is 78.9 Å². The van der Waals surface area contributed by atoms with Crippen molar-refractivity contribution < 1.29 is 44.3 Å². The highest BCUT2D eigenvalue weighted by molar-refractivity contribution is 5.94. The lowest BCUT2D eigenvalue weighted by molar-refractivity contribution is -0.159. The van der Waals surface area contributed by atoms with Crippen LogP contribution in [0.1, 0.15) is 51.6 Å². The van der Waals surface area contributed by atoms with Crippen molar-refractivity contribution in [2.45, 2.75) is 36.6 Å². The van der Waals surface area contributed by atoms with Crippen LogP contribution in [0, 0.1) is 0 Å². The van der Waals surface area contributed by atoms with Crippen LogP contribution in [0.5, 0.6) is 11.5 Å². The molecule has 14 nitrogen and oxygen atoms in total. The number of hydrogen-bond donors (Lipinski definition) is 6. The maximum Gasteiger partial charge on any atom is 0.345 e. The molecule has 6 N–H and O–H groups in total. The summed E-state index contributed by atoms with van der Waals surface area (Å²) in [6.07, 6.45) is 0.934. The third kappa shape index (κ3) is 8.60. The Kier molecular flexibility index (Phi) is 11.9. The second kappa shape index (κ2) is 17.2. The molecule has 2 saturated heterocycles. The minimum atomic E-state index is -2.30. The number of phenolic OH excluding ortho intramolecular Hbond substituents is 1. The first-order valence-electron chi connectivity index (χ1n) is 19.2. The van der Waals surface area contributed by atoms with Gasteiger partial charge in [-0.15, -0.1) is 0 Å². The molecular formula is C44H46N4O10. The van der Waals surface area contributed by atoms with Gasteiger partial charge in [-0.3, -0.25) is 14.4 Å². The number of aromatic nitrogens is 1. The topological polar surface area (TPSA) is 202 Å². The molecule has 58 heavy (non-hydrogen) atoms. The quantitative estimate of drug-likeness (QED) is 0.0956. The van der Waals surface area contributed by atoms with Crippen LogP contribution < -0.4 is 15.6 Å². The number of rotatable bonds is 13. The molecule has 1 spiro atoms. The Morgan fingerprint density at radius 3 is 2.38 bits per heavy atom. The molecule has 4 aromatic carbocycles. The van der Waals surface area contributed by atoms with Crippen molar-refractivity contribution >= 4 is 28.7 Å². The summed E-state index contributed by atoms with van der Waals surface area (Å²) in [4.78, 5) is 56.8. The van der Waals surface area contributed by atoms with Crippen molar-refractivity contribution in [1.82, 2.24) is 20.1 Å². The molecule has 0 bridgehead atoms. The average Bonchev–Trinajstić information content (AvgIpc) is 3.25. The monoisotopic (exact) mass is 790 g/mol. The molecule has 2 unspecified atom stereocenters. The molecule has 2 aliphatic heterocycles. The van der Waals surface area contributed by atoms with Crippen LogP contribution in [-0.2, 0) is 26.3 Å². The molecule has 0 saturated carbocycles. The van der Waals surface area contributed by atoms with E-state index in [1.54, 1.807) is 52.3 Å². The number of nitrogens with one attached hydrogen (secondary N) is 2. The van der Waals surface area contributed by atoms with Crippen molar-refractivity contribution in [2.24, 2.45) is 0 Å². The Morgan fingerprint density at radius 1 is 0.897 bits per heavy atom. The second-order valence-corrected chi connectivity index (χ2v) is 14.8. The zero-order chi connectivity index (χ0) is 40.9. The number of nitrogens with zero attached hydrogens (tertiary/aromatic N) is 2. The number of likely N-dealkylation sites (tertiary alicyclic amines) is 1. The average molecular weight is 791 g/mol. The number of H-pyrrole nitrogens is 1. The molecule has 0 radical (unpaired) electrons. The number of pyridine rings is 1. The van der Waals surface area contributed by atoms with Crippen LogP contribution >= 0.6 is 0 Å². The lowest BCUT2D eigenvalue weighted by Crippen LogP contribution is -2.59. The van der Waals surface area contributed by atoms with Crippen molar-refractivity contribution in [3.8, 4) is 11.5 Å². The van der Waals surface area contributed by atoms with Crippen LogP contribution in [0.3, 0.4) is 0 Å². The number of aromatic amines is 1. The fraction of sp³-hybridized carbons (Fsp3) is 0.318. The van der Waals surface area contributed by atoms with Gasteiger partial charge in [0.25, 0.3) is 11.8 Å². The van der Waals surface area contributed by atoms with Crippen molar-refractivity contribution in [3.05, 3.63) is 141 Å². The van der Waals surface area contributed by atoms with E-state index < -0.39 is 23.3 Å². The first-order valence-corrected chi connectivity index (χ1v) is 19.2. The van der Waals surface area contributed by atoms with Crippen LogP contribution in [-0.4, -0.2) is 111 Å². The summed E-state index contributed by atoms with van der Waals surface area (Å²) in [6, 6.07) is 27.7. The highest BCUT2D eigenvalue weighted by atomic mass is 16.5. The van der Waals surface area contributed by atoms with E-state index in [0.29, 0.717) is 75.1 Å². The number of fused-ring (bicyclic) bond motifs is 1. The standard InChI is InChI=1S/C44H46N4O10/c49-36-15-13-34(35-14-16-38(51)46-40(35)36)37(50)26-45-20-17-29-9-11-30(12-10-29)41(53)47-21-18-43(19-22-47)28-48(23-24-58-43)39(52)27-57-33-8-4-7-32(25-33)44(56,42(54)55)31-5-2-1-3-6-31/h1-16,25,37,45,49-50,56H,17-24,26-28H2,(H,46,51)(H,54,55). The van der Waals surface area contributed by atoms with Gasteiger partial charge in [0.05, 0.1) is 23.8 Å². The van der Waals surface area contributed by atoms with E-state index in [-0.39, 0.29) is 58.7 Å². The van der Waals surface area contributed by atoms with Gasteiger partial charge in [-0.25, -0.2) is 4.79 Å². The van der Waals surface area contributed by atoms with E-state index >= 15 is 0 Å². The maximum atomic E-state index is 13.5. The molecule has 1 aromatic heterocycles. The third-order valence-electron chi connectivity index (χ3n) is 11.1. The number of hydrogen-bond acceptors (Lipinski definition) is 10. The van der Waals surface area contributed by atoms with Gasteiger partial charge in [0.2, 0.25) is 11.2 Å². The van der Waals surface area contributed by atoms with Gasteiger partial charge in [0.1, 0.15) is 11.5 Å². The molecule has 14 heteroatoms. The fourth-order valence-electron chi connectivity index (χ4n) is 7.75. The summed E-state index contributed by atoms with van der Waals surface area (Å²) >= 11 is 0. The van der Waals surface area contributed by atoms with Crippen molar-refractivity contribution in [2.75, 3.05) is 52.5 Å². The number of carboxylic acid groups (broad SMARTS) is 1. The number of morpholine rings is 1. The minimum Gasteiger partial charge on any atom is -0.506 e. The molecule has 2 amide bonds. The number of aliphatic carboxylic acids is 1. The zero-order valence-corrected chi connectivity index (χ0v) is 31.8. The predicted molar refractivity (Wildman–Crippen MR) is 214 cm³/mol. The van der Waals surface area contributed by atoms with Crippen LogP contribution in [0.4, 0.5) is 0 Å². The van der Waals surface area contributed by atoms with Gasteiger partial charge in [0.15, 0.2) is 6.61 Å². The molecule has 0 aliphatic carbocycles. The summed E-state index contributed by atoms with van der Waals surface area (Å²) in [6.45, 7) is 2.60. The highest BCUT2D eigenvalue weighted by Gasteiger charge is 2.43. The molecule has 2 fully saturated rings. The number of phenols is 1. The first-order chi connectivity index (χ1) is 28.0. The lowest BCUT2D eigenvalue weighted by Gasteiger charge is -2.47. The second-order valence-electron chi connectivity index (χ2n) is 14.8. The van der Waals surface area contributed by atoms with Gasteiger partial charge < -0.3 is 50.0 Å². The van der Waals surface area contributed by atoms with Gasteiger partial charge >= 0.3 is 5.97 Å². The number of piperidine rings is 1. The fourth-order valence-corrected chi connectivity index (χ4v) is 7.75. The Balaban J connectivity index is 0.867. The van der Waals surface area contributed by atoms with E-state index in [9.17, 15) is 39.6 Å². The Labute approximate surface area is 334 Å². The van der Waals surface area contributed by atoms with E-state index in [2.05, 4.69) is 10.3 Å². The number of amides is 2. The largest absolute Gasteiger partial charge is 0.506 e. The summed E-state index contributed by atoms with van der Waals surface area (Å²) in [5, 5.41) is 45.9. The van der Waals surface area contributed by atoms with Crippen molar-refractivity contribution in [1.29, 1.82) is 0 Å². The smallest absolute Gasteiger partial charge is 0.345 e. The number of benzene rings is 4. The minimum absolute atomic E-state index is 0.0626. The first kappa shape index (κ1) is 40.1. The van der Waals surface area contributed by atoms with E-state index in [4.69, 9.17) is 9.47 Å². The number of aliphatic hydroxyl groups is 2. The number of carbonyl (C=O) groups is 3. The zero-order valence-electron chi connectivity index (χ0n) is 31.8. The van der Waals surface area contributed by atoms with Gasteiger partial charge in [0, 0.05) is 55.3 Å². The number of aliphatic hydroxyl groups excluding tert-OH is 1. The van der Waals surface area contributed by atoms with Gasteiger partial charge in [-0.2, -0.15) is 0 Å². The van der Waals surface area contributed by atoms with Crippen molar-refractivity contribution in [3.63, 3.8) is 0 Å². The number of carbonyl (C=O) groups excluding carboxylic acids is 2. The Morgan fingerprint density at radius 2 is 1.64 bits per heavy atom. The maximum absolute atomic E-state index is 13.5. The predicted octanol–water partition coefficient (Wildman–Crippen LogP) is 3.33. The summed E-state index contributed by atoms with van der Waals surface area (Å²) in [5.74, 6) is -1.58. The van der Waals surface area contributed by atoms with E-state index in [1.165, 1.54) is 36.4 Å². The number of aromatic hydroxyl groups is 1. The van der Waals surface area contributed by atoms with E-state index in [0.717, 1.165) is 5.56 Å². The molecule has 5 aromatic rings. The normalized spacial score (nSPS) is 16.8. The van der Waals surface area contributed by atoms with Crippen LogP contribution in [0.15, 0.2) is 108 Å². The van der Waals surface area contributed by atoms with Crippen LogP contribution in [0.25, 0.3) is 10.9 Å². The van der Waals surface area contributed by atoms with Gasteiger partial charge in [-0.1, -0.05) is 60.7 Å². The Bertz CT molecular complexity index is 2330. The molecule has 2 aliphatic rings. The lowest BCUT2D eigenvalue weighted by atomic mass is 9.86. The number of ether oxygens (including phenoxy) is 2. The highest BCUT2D eigenvalue weighted by Crippen LogP contribution is 2.34. The molecule has 7 rings (SSSR count). The summed E-state index contributed by atoms with van der Waals surface area (Å²) in [5.41, 5.74) is -0.456. The summed E-state index contributed by atoms with van der Waals surface area (Å²) in [7, 11) is 0.